The molecule has 0 aliphatic carbocycles. The molecule has 0 saturated carbocycles. The van der Waals surface area contributed by atoms with E-state index < -0.39 is 0 Å². The van der Waals surface area contributed by atoms with Crippen molar-refractivity contribution in [3.05, 3.63) is 17.5 Å². The zero-order chi connectivity index (χ0) is 13.5. The molecule has 0 spiro atoms. The van der Waals surface area contributed by atoms with Gasteiger partial charge < -0.3 is 4.90 Å². The number of nitrogens with zero attached hydrogens (tertiary/aromatic N) is 4. The second-order valence-electron chi connectivity index (χ2n) is 5.99. The Labute approximate surface area is 118 Å². The summed E-state index contributed by atoms with van der Waals surface area (Å²) in [5, 5.41) is 7.91. The van der Waals surface area contributed by atoms with Crippen molar-refractivity contribution in [2.75, 3.05) is 26.2 Å². The number of hydrogen-bond acceptors (Lipinski definition) is 4. The van der Waals surface area contributed by atoms with Crippen molar-refractivity contribution in [1.82, 2.24) is 24.9 Å². The van der Waals surface area contributed by atoms with Crippen molar-refractivity contribution >= 4 is 5.91 Å². The average Bonchev–Trinajstić information content (AvgIpc) is 3.07. The summed E-state index contributed by atoms with van der Waals surface area (Å²) in [7, 11) is 0. The Hall–Kier alpha value is -1.40. The summed E-state index contributed by atoms with van der Waals surface area (Å²) in [4.78, 5) is 16.8. The molecule has 1 unspecified atom stereocenters. The number of fused-ring (bicyclic) bond motifs is 1. The van der Waals surface area contributed by atoms with Crippen LogP contribution >= 0.6 is 0 Å². The molecule has 6 heteroatoms. The minimum Gasteiger partial charge on any atom is -0.337 e. The standard InChI is InChI=1S/C14H21N5O/c20-14(17-4-1-2-5-17)12-8-11-10-18(13-9-15-13)6-3-7-19(11)16-12/h8,13,15H,1-7,9-10H2. The number of carbonyl (C=O) groups is 1. The van der Waals surface area contributed by atoms with Crippen LogP contribution in [0, 0.1) is 0 Å². The summed E-state index contributed by atoms with van der Waals surface area (Å²) in [5.41, 5.74) is 1.81. The van der Waals surface area contributed by atoms with Crippen LogP contribution in [0.1, 0.15) is 35.4 Å². The molecule has 1 atom stereocenters. The van der Waals surface area contributed by atoms with Crippen molar-refractivity contribution in [3.8, 4) is 0 Å². The second kappa shape index (κ2) is 4.86. The maximum atomic E-state index is 12.4. The molecule has 2 saturated heterocycles. The molecule has 3 aliphatic rings. The lowest BCUT2D eigenvalue weighted by Gasteiger charge is -2.17. The van der Waals surface area contributed by atoms with E-state index in [1.807, 2.05) is 15.6 Å². The van der Waals surface area contributed by atoms with Gasteiger partial charge in [-0.25, -0.2) is 0 Å². The Bertz CT molecular complexity index is 516. The summed E-state index contributed by atoms with van der Waals surface area (Å²) < 4.78 is 2.03. The lowest BCUT2D eigenvalue weighted by atomic mass is 10.3. The van der Waals surface area contributed by atoms with Gasteiger partial charge in [-0.1, -0.05) is 0 Å². The predicted octanol–water partition coefficient (Wildman–Crippen LogP) is 0.254. The number of rotatable bonds is 2. The molecule has 0 aromatic carbocycles. The van der Waals surface area contributed by atoms with Gasteiger partial charge in [0, 0.05) is 39.3 Å². The van der Waals surface area contributed by atoms with Gasteiger partial charge in [-0.05, 0) is 25.3 Å². The molecular weight excluding hydrogens is 254 g/mol. The van der Waals surface area contributed by atoms with Gasteiger partial charge in [0.2, 0.25) is 0 Å². The Morgan fingerprint density at radius 1 is 1.20 bits per heavy atom. The van der Waals surface area contributed by atoms with Crippen molar-refractivity contribution < 1.29 is 4.79 Å². The molecule has 1 aromatic heterocycles. The van der Waals surface area contributed by atoms with Crippen LogP contribution in [-0.4, -0.2) is 57.8 Å². The molecule has 1 N–H and O–H groups in total. The maximum absolute atomic E-state index is 12.4. The van der Waals surface area contributed by atoms with Crippen molar-refractivity contribution in [2.24, 2.45) is 0 Å². The summed E-state index contributed by atoms with van der Waals surface area (Å²) in [6.45, 7) is 5.80. The summed E-state index contributed by atoms with van der Waals surface area (Å²) in [6.07, 6.45) is 3.89. The number of hydrogen-bond donors (Lipinski definition) is 1. The SMILES string of the molecule is O=C(c1cc2n(n1)CCCN(C1CN1)C2)N1CCCC1. The van der Waals surface area contributed by atoms with Crippen LogP contribution in [0.2, 0.25) is 0 Å². The van der Waals surface area contributed by atoms with Crippen LogP contribution in [0.5, 0.6) is 0 Å². The molecule has 0 radical (unpaired) electrons. The molecule has 108 valence electrons. The van der Waals surface area contributed by atoms with Crippen LogP contribution in [0.3, 0.4) is 0 Å². The van der Waals surface area contributed by atoms with E-state index in [4.69, 9.17) is 0 Å². The highest BCUT2D eigenvalue weighted by Crippen LogP contribution is 2.19. The highest BCUT2D eigenvalue weighted by Gasteiger charge is 2.31. The number of nitrogens with one attached hydrogen (secondary N) is 1. The van der Waals surface area contributed by atoms with Crippen LogP contribution in [0.4, 0.5) is 0 Å². The zero-order valence-corrected chi connectivity index (χ0v) is 11.7. The number of amides is 1. The summed E-state index contributed by atoms with van der Waals surface area (Å²) in [6, 6.07) is 2.00. The van der Waals surface area contributed by atoms with E-state index in [1.165, 1.54) is 5.69 Å². The van der Waals surface area contributed by atoms with E-state index >= 15 is 0 Å². The summed E-state index contributed by atoms with van der Waals surface area (Å²) >= 11 is 0. The number of likely N-dealkylation sites (tertiary alicyclic amines) is 1. The van der Waals surface area contributed by atoms with Gasteiger partial charge in [0.1, 0.15) is 0 Å². The Balaban J connectivity index is 1.55. The second-order valence-corrected chi connectivity index (χ2v) is 5.99. The number of aryl methyl sites for hydroxylation is 1. The third-order valence-corrected chi connectivity index (χ3v) is 4.48. The lowest BCUT2D eigenvalue weighted by molar-refractivity contribution is 0.0786. The fourth-order valence-electron chi connectivity index (χ4n) is 3.25. The van der Waals surface area contributed by atoms with Crippen LogP contribution in [0.15, 0.2) is 6.07 Å². The van der Waals surface area contributed by atoms with Gasteiger partial charge in [-0.3, -0.25) is 19.7 Å². The average molecular weight is 275 g/mol. The predicted molar refractivity (Wildman–Crippen MR) is 74.2 cm³/mol. The van der Waals surface area contributed by atoms with Crippen molar-refractivity contribution in [3.63, 3.8) is 0 Å². The van der Waals surface area contributed by atoms with Crippen LogP contribution in [-0.2, 0) is 13.1 Å². The number of aromatic nitrogens is 2. The van der Waals surface area contributed by atoms with E-state index in [2.05, 4.69) is 15.3 Å². The van der Waals surface area contributed by atoms with Gasteiger partial charge in [0.15, 0.2) is 5.69 Å². The fraction of sp³-hybridized carbons (Fsp3) is 0.714. The monoisotopic (exact) mass is 275 g/mol. The van der Waals surface area contributed by atoms with Crippen LogP contribution < -0.4 is 5.32 Å². The normalized spacial score (nSPS) is 26.4. The summed E-state index contributed by atoms with van der Waals surface area (Å²) in [5.74, 6) is 0.110. The molecule has 6 nitrogen and oxygen atoms in total. The first kappa shape index (κ1) is 12.3. The van der Waals surface area contributed by atoms with E-state index in [-0.39, 0.29) is 5.91 Å². The van der Waals surface area contributed by atoms with Crippen molar-refractivity contribution in [1.29, 1.82) is 0 Å². The highest BCUT2D eigenvalue weighted by atomic mass is 16.2. The minimum atomic E-state index is 0.110. The lowest BCUT2D eigenvalue weighted by Crippen LogP contribution is -2.29. The van der Waals surface area contributed by atoms with Gasteiger partial charge >= 0.3 is 0 Å². The van der Waals surface area contributed by atoms with E-state index in [1.54, 1.807) is 0 Å². The first-order valence-corrected chi connectivity index (χ1v) is 7.65. The number of carbonyl (C=O) groups excluding carboxylic acids is 1. The van der Waals surface area contributed by atoms with Crippen molar-refractivity contribution in [2.45, 2.75) is 38.5 Å². The molecule has 4 rings (SSSR count). The zero-order valence-electron chi connectivity index (χ0n) is 11.7. The van der Waals surface area contributed by atoms with Gasteiger partial charge in [0.05, 0.1) is 11.9 Å². The molecule has 0 bridgehead atoms. The Morgan fingerprint density at radius 3 is 2.75 bits per heavy atom. The molecule has 20 heavy (non-hydrogen) atoms. The highest BCUT2D eigenvalue weighted by molar-refractivity contribution is 5.92. The molecule has 1 aromatic rings. The molecular formula is C14H21N5O. The molecule has 2 fully saturated rings. The Kier molecular flexibility index (Phi) is 3.00. The largest absolute Gasteiger partial charge is 0.337 e. The smallest absolute Gasteiger partial charge is 0.274 e. The molecule has 4 heterocycles. The van der Waals surface area contributed by atoms with Gasteiger partial charge in [0.25, 0.3) is 5.91 Å². The third kappa shape index (κ3) is 2.23. The maximum Gasteiger partial charge on any atom is 0.274 e. The third-order valence-electron chi connectivity index (χ3n) is 4.48. The first-order chi connectivity index (χ1) is 9.81. The van der Waals surface area contributed by atoms with Gasteiger partial charge in [-0.2, -0.15) is 5.10 Å². The van der Waals surface area contributed by atoms with Crippen LogP contribution in [0.25, 0.3) is 0 Å². The molecule has 1 amide bonds. The quantitative estimate of drug-likeness (QED) is 0.786. The Morgan fingerprint density at radius 2 is 2.00 bits per heavy atom. The first-order valence-electron chi connectivity index (χ1n) is 7.65. The topological polar surface area (TPSA) is 63.3 Å². The van der Waals surface area contributed by atoms with E-state index in [0.29, 0.717) is 11.9 Å². The molecule has 3 aliphatic heterocycles. The fourth-order valence-corrected chi connectivity index (χ4v) is 3.25. The van der Waals surface area contributed by atoms with Gasteiger partial charge in [-0.15, -0.1) is 0 Å². The van der Waals surface area contributed by atoms with E-state index in [0.717, 1.165) is 58.5 Å². The van der Waals surface area contributed by atoms with E-state index in [9.17, 15) is 4.79 Å². The minimum absolute atomic E-state index is 0.110.